The molecule has 0 saturated heterocycles. The van der Waals surface area contributed by atoms with Crippen LogP contribution in [0, 0.1) is 5.82 Å². The van der Waals surface area contributed by atoms with Crippen molar-refractivity contribution in [2.45, 2.75) is 46.5 Å². The number of carbonyl (C=O) groups is 1. The third-order valence-corrected chi connectivity index (χ3v) is 8.38. The van der Waals surface area contributed by atoms with Gasteiger partial charge in [0.25, 0.3) is 0 Å². The Balaban J connectivity index is 2.09. The minimum atomic E-state index is -6.35. The molecule has 1 saturated carbocycles. The fourth-order valence-electron chi connectivity index (χ4n) is 4.05. The first-order chi connectivity index (χ1) is 16.0. The molecular formula is C21H17F8NO4S. The third-order valence-electron chi connectivity index (χ3n) is 5.89. The van der Waals surface area contributed by atoms with Crippen LogP contribution in [0.3, 0.4) is 0 Å². The minimum absolute atomic E-state index is 0.206. The monoisotopic (exact) mass is 531 g/mol. The summed E-state index contributed by atoms with van der Waals surface area (Å²) in [6, 6.07) is 4.44. The summed E-state index contributed by atoms with van der Waals surface area (Å²) in [5.41, 5.74) is -7.74. The average Bonchev–Trinajstić information content (AvgIpc) is 2.73. The summed E-state index contributed by atoms with van der Waals surface area (Å²) in [6.45, 7) is -0.906. The second-order valence-electron chi connectivity index (χ2n) is 8.01. The molecule has 2 aromatic carbocycles. The van der Waals surface area contributed by atoms with E-state index < -0.39 is 62.5 Å². The summed E-state index contributed by atoms with van der Waals surface area (Å²) >= 11 is 0. The van der Waals surface area contributed by atoms with E-state index in [1.165, 1.54) is 0 Å². The molecule has 1 aliphatic carbocycles. The molecule has 0 radical (unpaired) electrons. The zero-order chi connectivity index (χ0) is 26.4. The van der Waals surface area contributed by atoms with Crippen molar-refractivity contribution >= 4 is 15.7 Å². The molecular weight excluding hydrogens is 514 g/mol. The zero-order valence-electron chi connectivity index (χ0n) is 17.4. The number of benzene rings is 2. The van der Waals surface area contributed by atoms with Gasteiger partial charge < -0.3 is 10.4 Å². The molecule has 1 aliphatic rings. The van der Waals surface area contributed by atoms with Gasteiger partial charge in [0.15, 0.2) is 9.84 Å². The van der Waals surface area contributed by atoms with E-state index in [1.54, 1.807) is 0 Å². The highest BCUT2D eigenvalue weighted by Gasteiger charge is 2.73. The molecule has 0 heterocycles. The quantitative estimate of drug-likeness (QED) is 0.435. The van der Waals surface area contributed by atoms with Gasteiger partial charge >= 0.3 is 18.0 Å². The molecule has 0 aliphatic heterocycles. The summed E-state index contributed by atoms with van der Waals surface area (Å²) in [4.78, 5) is 11.1. The molecule has 2 aromatic rings. The Morgan fingerprint density at radius 1 is 0.914 bits per heavy atom. The van der Waals surface area contributed by atoms with Crippen LogP contribution >= 0.6 is 0 Å². The first-order valence-electron chi connectivity index (χ1n) is 9.83. The molecule has 192 valence electrons. The Bertz CT molecular complexity index is 1170. The van der Waals surface area contributed by atoms with Gasteiger partial charge in [0, 0.05) is 11.6 Å². The van der Waals surface area contributed by atoms with Gasteiger partial charge in [-0.1, -0.05) is 24.3 Å². The maximum absolute atomic E-state index is 14.4. The van der Waals surface area contributed by atoms with E-state index in [-0.39, 0.29) is 35.4 Å². The van der Waals surface area contributed by atoms with E-state index in [2.05, 4.69) is 5.32 Å². The average molecular weight is 531 g/mol. The highest BCUT2D eigenvalue weighted by Crippen LogP contribution is 2.55. The summed E-state index contributed by atoms with van der Waals surface area (Å²) in [6.07, 6.45) is -13.4. The SMILES string of the molecule is O=C(CO)N[C@H]1C[C@@](c2ccc(C(F)(C(F)(F)F)C(F)(F)F)cc2)(S(=O)(=O)c2ccc(F)cc2)C1. The van der Waals surface area contributed by atoms with Gasteiger partial charge in [0.05, 0.1) is 4.90 Å². The van der Waals surface area contributed by atoms with Crippen LogP contribution < -0.4 is 5.32 Å². The molecule has 1 amide bonds. The molecule has 0 spiro atoms. The molecule has 0 atom stereocenters. The first-order valence-corrected chi connectivity index (χ1v) is 11.3. The van der Waals surface area contributed by atoms with Gasteiger partial charge in [-0.25, -0.2) is 17.2 Å². The molecule has 5 nitrogen and oxygen atoms in total. The minimum Gasteiger partial charge on any atom is -0.387 e. The van der Waals surface area contributed by atoms with Crippen molar-refractivity contribution in [2.75, 3.05) is 6.61 Å². The number of hydrogen-bond acceptors (Lipinski definition) is 4. The molecule has 0 unspecified atom stereocenters. The van der Waals surface area contributed by atoms with Crippen LogP contribution in [0.5, 0.6) is 0 Å². The lowest BCUT2D eigenvalue weighted by Gasteiger charge is -2.47. The standard InChI is InChI=1S/C21H17F8NO4S/c22-14-5-7-16(8-6-14)35(33,34)18(9-15(10-18)30-17(32)11-31)12-1-3-13(4-2-12)19(23,20(24,25)26)21(27,28)29/h1-8,15,31H,9-11H2,(H,30,32)/t15-,18+. The summed E-state index contributed by atoms with van der Waals surface area (Å²) in [5.74, 6) is -1.60. The lowest BCUT2D eigenvalue weighted by Crippen LogP contribution is -2.57. The number of hydrogen-bond donors (Lipinski definition) is 2. The van der Waals surface area contributed by atoms with Crippen LogP contribution in [0.2, 0.25) is 0 Å². The van der Waals surface area contributed by atoms with E-state index in [1.807, 2.05) is 0 Å². The summed E-state index contributed by atoms with van der Waals surface area (Å²) in [5, 5.41) is 11.2. The highest BCUT2D eigenvalue weighted by molar-refractivity contribution is 7.92. The second kappa shape index (κ2) is 8.73. The van der Waals surface area contributed by atoms with Crippen LogP contribution in [-0.4, -0.2) is 44.4 Å². The lowest BCUT2D eigenvalue weighted by molar-refractivity contribution is -0.348. The Morgan fingerprint density at radius 3 is 1.83 bits per heavy atom. The number of amides is 1. The maximum Gasteiger partial charge on any atom is 0.435 e. The van der Waals surface area contributed by atoms with Crippen LogP contribution in [0.25, 0.3) is 0 Å². The number of rotatable bonds is 6. The maximum atomic E-state index is 14.4. The van der Waals surface area contributed by atoms with Gasteiger partial charge in [-0.15, -0.1) is 0 Å². The van der Waals surface area contributed by atoms with Gasteiger partial charge in [0.1, 0.15) is 17.2 Å². The number of aliphatic hydroxyl groups excluding tert-OH is 1. The topological polar surface area (TPSA) is 83.5 Å². The molecule has 2 N–H and O–H groups in total. The Kier molecular flexibility index (Phi) is 6.70. The van der Waals surface area contributed by atoms with Crippen molar-refractivity contribution in [1.82, 2.24) is 5.32 Å². The second-order valence-corrected chi connectivity index (χ2v) is 10.3. The molecule has 0 aromatic heterocycles. The predicted molar refractivity (Wildman–Crippen MR) is 105 cm³/mol. The fourth-order valence-corrected chi connectivity index (χ4v) is 6.29. The van der Waals surface area contributed by atoms with E-state index in [0.29, 0.717) is 12.1 Å². The smallest absolute Gasteiger partial charge is 0.387 e. The lowest BCUT2D eigenvalue weighted by atomic mass is 9.74. The zero-order valence-corrected chi connectivity index (χ0v) is 18.2. The van der Waals surface area contributed by atoms with E-state index in [9.17, 15) is 48.3 Å². The number of nitrogens with one attached hydrogen (secondary N) is 1. The third kappa shape index (κ3) is 4.37. The van der Waals surface area contributed by atoms with E-state index >= 15 is 0 Å². The first kappa shape index (κ1) is 26.9. The number of sulfone groups is 1. The number of alkyl halides is 7. The summed E-state index contributed by atoms with van der Waals surface area (Å²) < 4.78 is 131. The van der Waals surface area contributed by atoms with Crippen LogP contribution in [0.4, 0.5) is 35.1 Å². The van der Waals surface area contributed by atoms with Gasteiger partial charge in [0.2, 0.25) is 5.91 Å². The van der Waals surface area contributed by atoms with E-state index in [4.69, 9.17) is 5.11 Å². The summed E-state index contributed by atoms with van der Waals surface area (Å²) in [7, 11) is -4.43. The predicted octanol–water partition coefficient (Wildman–Crippen LogP) is 4.06. The van der Waals surface area contributed by atoms with Crippen LogP contribution in [0.1, 0.15) is 24.0 Å². The van der Waals surface area contributed by atoms with Crippen molar-refractivity contribution in [2.24, 2.45) is 0 Å². The molecule has 1 fully saturated rings. The fraction of sp³-hybridized carbons (Fsp3) is 0.381. The van der Waals surface area contributed by atoms with Crippen molar-refractivity contribution < 1.29 is 53.4 Å². The Hall–Kier alpha value is -2.74. The highest BCUT2D eigenvalue weighted by atomic mass is 32.2. The molecule has 35 heavy (non-hydrogen) atoms. The number of halogens is 8. The molecule has 3 rings (SSSR count). The van der Waals surface area contributed by atoms with Gasteiger partial charge in [-0.3, -0.25) is 4.79 Å². The van der Waals surface area contributed by atoms with Gasteiger partial charge in [-0.2, -0.15) is 26.3 Å². The van der Waals surface area contributed by atoms with Crippen molar-refractivity contribution in [3.8, 4) is 0 Å². The number of aliphatic hydroxyl groups is 1. The van der Waals surface area contributed by atoms with E-state index in [0.717, 1.165) is 24.3 Å². The van der Waals surface area contributed by atoms with Crippen molar-refractivity contribution in [3.05, 3.63) is 65.5 Å². The Labute approximate surface area is 193 Å². The van der Waals surface area contributed by atoms with Gasteiger partial charge in [-0.05, 0) is 42.7 Å². The number of carbonyl (C=O) groups excluding carboxylic acids is 1. The van der Waals surface area contributed by atoms with Crippen LogP contribution in [-0.2, 0) is 25.0 Å². The van der Waals surface area contributed by atoms with Crippen LogP contribution in [0.15, 0.2) is 53.4 Å². The van der Waals surface area contributed by atoms with Crippen molar-refractivity contribution in [3.63, 3.8) is 0 Å². The largest absolute Gasteiger partial charge is 0.435 e. The molecule has 14 heteroatoms. The normalized spacial score (nSPS) is 21.3. The molecule has 0 bridgehead atoms. The van der Waals surface area contributed by atoms with Crippen molar-refractivity contribution in [1.29, 1.82) is 0 Å². The Morgan fingerprint density at radius 2 is 1.40 bits per heavy atom.